The standard InChI is InChI=1S/C10H23N5/c1-4-7-15(10-9-14(2)3)8-5-6-12-13-11/h4-10H2,1-3H3. The summed E-state index contributed by atoms with van der Waals surface area (Å²) in [5.41, 5.74) is 8.15. The van der Waals surface area contributed by atoms with Crippen molar-refractivity contribution in [1.82, 2.24) is 9.80 Å². The summed E-state index contributed by atoms with van der Waals surface area (Å²) in [6, 6.07) is 0. The highest BCUT2D eigenvalue weighted by Gasteiger charge is 2.03. The van der Waals surface area contributed by atoms with Gasteiger partial charge in [-0.3, -0.25) is 0 Å². The van der Waals surface area contributed by atoms with Gasteiger partial charge in [0.25, 0.3) is 0 Å². The lowest BCUT2D eigenvalue weighted by molar-refractivity contribution is 0.240. The van der Waals surface area contributed by atoms with E-state index >= 15 is 0 Å². The molecule has 0 radical (unpaired) electrons. The molecule has 0 aromatic heterocycles. The number of hydrogen-bond acceptors (Lipinski definition) is 3. The molecular formula is C10H23N5. The summed E-state index contributed by atoms with van der Waals surface area (Å²) in [4.78, 5) is 7.37. The van der Waals surface area contributed by atoms with Crippen molar-refractivity contribution in [2.75, 3.05) is 46.8 Å². The topological polar surface area (TPSA) is 55.2 Å². The van der Waals surface area contributed by atoms with E-state index < -0.39 is 0 Å². The van der Waals surface area contributed by atoms with Crippen molar-refractivity contribution in [3.63, 3.8) is 0 Å². The van der Waals surface area contributed by atoms with Gasteiger partial charge in [-0.15, -0.1) is 0 Å². The maximum Gasteiger partial charge on any atom is 0.0270 e. The van der Waals surface area contributed by atoms with Crippen molar-refractivity contribution < 1.29 is 0 Å². The molecule has 0 spiro atoms. The molecule has 0 aromatic rings. The smallest absolute Gasteiger partial charge is 0.0270 e. The fourth-order valence-corrected chi connectivity index (χ4v) is 1.40. The molecule has 0 aliphatic carbocycles. The van der Waals surface area contributed by atoms with E-state index in [4.69, 9.17) is 5.53 Å². The molecule has 0 aromatic carbocycles. The maximum atomic E-state index is 8.15. The Bertz CT molecular complexity index is 186. The SMILES string of the molecule is CCCN(CCCN=[N+]=[N-])CCN(C)C. The Morgan fingerprint density at radius 1 is 1.13 bits per heavy atom. The van der Waals surface area contributed by atoms with Crippen molar-refractivity contribution in [3.05, 3.63) is 10.4 Å². The molecule has 0 unspecified atom stereocenters. The summed E-state index contributed by atoms with van der Waals surface area (Å²) >= 11 is 0. The van der Waals surface area contributed by atoms with Gasteiger partial charge >= 0.3 is 0 Å². The highest BCUT2D eigenvalue weighted by atomic mass is 15.2. The quantitative estimate of drug-likeness (QED) is 0.254. The van der Waals surface area contributed by atoms with Crippen LogP contribution in [0.1, 0.15) is 19.8 Å². The Hall–Kier alpha value is -0.770. The lowest BCUT2D eigenvalue weighted by atomic mass is 10.3. The second-order valence-corrected chi connectivity index (χ2v) is 3.95. The molecule has 88 valence electrons. The van der Waals surface area contributed by atoms with Crippen molar-refractivity contribution in [2.24, 2.45) is 5.11 Å². The summed E-state index contributed by atoms with van der Waals surface area (Å²) in [5, 5.41) is 3.54. The fraction of sp³-hybridized carbons (Fsp3) is 1.00. The van der Waals surface area contributed by atoms with Crippen molar-refractivity contribution >= 4 is 0 Å². The molecule has 0 aliphatic heterocycles. The van der Waals surface area contributed by atoms with Gasteiger partial charge in [-0.1, -0.05) is 12.0 Å². The molecule has 0 saturated heterocycles. The van der Waals surface area contributed by atoms with Crippen LogP contribution in [-0.2, 0) is 0 Å². The van der Waals surface area contributed by atoms with Crippen LogP contribution < -0.4 is 0 Å². The zero-order chi connectivity index (χ0) is 11.5. The zero-order valence-corrected chi connectivity index (χ0v) is 10.2. The van der Waals surface area contributed by atoms with Crippen LogP contribution in [0.25, 0.3) is 10.4 Å². The van der Waals surface area contributed by atoms with Gasteiger partial charge in [0.15, 0.2) is 0 Å². The van der Waals surface area contributed by atoms with Crippen molar-refractivity contribution in [2.45, 2.75) is 19.8 Å². The molecule has 0 saturated carbocycles. The Kier molecular flexibility index (Phi) is 9.27. The van der Waals surface area contributed by atoms with E-state index in [2.05, 4.69) is 40.8 Å². The van der Waals surface area contributed by atoms with Gasteiger partial charge < -0.3 is 9.80 Å². The molecule has 0 N–H and O–H groups in total. The Balaban J connectivity index is 3.66. The van der Waals surface area contributed by atoms with Crippen LogP contribution in [-0.4, -0.2) is 56.6 Å². The molecule has 0 amide bonds. The van der Waals surface area contributed by atoms with Crippen LogP contribution in [0.5, 0.6) is 0 Å². The van der Waals surface area contributed by atoms with E-state index in [0.717, 1.165) is 32.6 Å². The van der Waals surface area contributed by atoms with E-state index in [1.165, 1.54) is 6.42 Å². The van der Waals surface area contributed by atoms with Crippen LogP contribution >= 0.6 is 0 Å². The second-order valence-electron chi connectivity index (χ2n) is 3.95. The third-order valence-electron chi connectivity index (χ3n) is 2.20. The van der Waals surface area contributed by atoms with Crippen molar-refractivity contribution in [1.29, 1.82) is 0 Å². The van der Waals surface area contributed by atoms with E-state index in [1.54, 1.807) is 0 Å². The molecule has 0 atom stereocenters. The van der Waals surface area contributed by atoms with Gasteiger partial charge in [0.05, 0.1) is 0 Å². The molecular weight excluding hydrogens is 190 g/mol. The normalized spacial score (nSPS) is 10.7. The number of nitrogens with zero attached hydrogens (tertiary/aromatic N) is 5. The zero-order valence-electron chi connectivity index (χ0n) is 10.2. The highest BCUT2D eigenvalue weighted by molar-refractivity contribution is 4.60. The van der Waals surface area contributed by atoms with Crippen LogP contribution in [0.4, 0.5) is 0 Å². The van der Waals surface area contributed by atoms with Gasteiger partial charge in [0.2, 0.25) is 0 Å². The Morgan fingerprint density at radius 3 is 2.40 bits per heavy atom. The maximum absolute atomic E-state index is 8.15. The molecule has 0 fully saturated rings. The van der Waals surface area contributed by atoms with Gasteiger partial charge in [0, 0.05) is 24.5 Å². The third kappa shape index (κ3) is 9.53. The molecule has 0 aliphatic rings. The van der Waals surface area contributed by atoms with E-state index in [0.29, 0.717) is 6.54 Å². The van der Waals surface area contributed by atoms with Gasteiger partial charge in [0.1, 0.15) is 0 Å². The molecule has 0 bridgehead atoms. The van der Waals surface area contributed by atoms with E-state index in [9.17, 15) is 0 Å². The predicted molar refractivity (Wildman–Crippen MR) is 63.9 cm³/mol. The number of likely N-dealkylation sites (N-methyl/N-ethyl adjacent to an activating group) is 1. The predicted octanol–water partition coefficient (Wildman–Crippen LogP) is 1.96. The third-order valence-corrected chi connectivity index (χ3v) is 2.20. The molecule has 15 heavy (non-hydrogen) atoms. The first-order valence-electron chi connectivity index (χ1n) is 5.58. The lowest BCUT2D eigenvalue weighted by Gasteiger charge is -2.23. The minimum absolute atomic E-state index is 0.610. The first-order valence-corrected chi connectivity index (χ1v) is 5.58. The van der Waals surface area contributed by atoms with E-state index in [1.807, 2.05) is 0 Å². The minimum Gasteiger partial charge on any atom is -0.308 e. The van der Waals surface area contributed by atoms with Crippen molar-refractivity contribution in [3.8, 4) is 0 Å². The van der Waals surface area contributed by atoms with E-state index in [-0.39, 0.29) is 0 Å². The fourth-order valence-electron chi connectivity index (χ4n) is 1.40. The van der Waals surface area contributed by atoms with Crippen LogP contribution in [0.15, 0.2) is 5.11 Å². The average molecular weight is 213 g/mol. The second kappa shape index (κ2) is 9.77. The number of rotatable bonds is 9. The van der Waals surface area contributed by atoms with Crippen LogP contribution in [0, 0.1) is 0 Å². The molecule has 5 heteroatoms. The Morgan fingerprint density at radius 2 is 1.87 bits per heavy atom. The lowest BCUT2D eigenvalue weighted by Crippen LogP contribution is -2.33. The summed E-state index contributed by atoms with van der Waals surface area (Å²) in [7, 11) is 4.17. The number of azide groups is 1. The van der Waals surface area contributed by atoms with Gasteiger partial charge in [-0.25, -0.2) is 0 Å². The summed E-state index contributed by atoms with van der Waals surface area (Å²) in [6.45, 7) is 7.14. The summed E-state index contributed by atoms with van der Waals surface area (Å²) < 4.78 is 0. The van der Waals surface area contributed by atoms with Crippen LogP contribution in [0.2, 0.25) is 0 Å². The summed E-state index contributed by atoms with van der Waals surface area (Å²) in [6.07, 6.45) is 2.13. The minimum atomic E-state index is 0.610. The molecule has 0 rings (SSSR count). The first-order chi connectivity index (χ1) is 7.20. The number of hydrogen-bond donors (Lipinski definition) is 0. The average Bonchev–Trinajstić information content (AvgIpc) is 2.20. The Labute approximate surface area is 92.7 Å². The first kappa shape index (κ1) is 14.2. The molecule has 0 heterocycles. The largest absolute Gasteiger partial charge is 0.308 e. The molecule has 5 nitrogen and oxygen atoms in total. The highest BCUT2D eigenvalue weighted by Crippen LogP contribution is 1.95. The van der Waals surface area contributed by atoms with Gasteiger partial charge in [-0.05, 0) is 45.6 Å². The summed E-state index contributed by atoms with van der Waals surface area (Å²) in [5.74, 6) is 0. The van der Waals surface area contributed by atoms with Crippen LogP contribution in [0.3, 0.4) is 0 Å². The van der Waals surface area contributed by atoms with Gasteiger partial charge in [-0.2, -0.15) is 0 Å². The monoisotopic (exact) mass is 213 g/mol.